The predicted octanol–water partition coefficient (Wildman–Crippen LogP) is 5.74. The Hall–Kier alpha value is -3.52. The van der Waals surface area contributed by atoms with Crippen molar-refractivity contribution in [1.29, 1.82) is 0 Å². The monoisotopic (exact) mass is 511 g/mol. The number of hydrogen-bond donors (Lipinski definition) is 0. The summed E-state index contributed by atoms with van der Waals surface area (Å²) < 4.78 is 45.0. The topological polar surface area (TPSA) is 36.0 Å². The van der Waals surface area contributed by atoms with Crippen LogP contribution in [0.1, 0.15) is 34.0 Å². The van der Waals surface area contributed by atoms with Gasteiger partial charge in [0.15, 0.2) is 0 Å². The highest BCUT2D eigenvalue weighted by Crippen LogP contribution is 2.32. The van der Waals surface area contributed by atoms with Gasteiger partial charge in [-0.05, 0) is 49.0 Å². The van der Waals surface area contributed by atoms with Crippen molar-refractivity contribution >= 4 is 11.6 Å². The van der Waals surface area contributed by atoms with Gasteiger partial charge in [0.2, 0.25) is 0 Å². The molecule has 1 atom stereocenters. The first-order valence-electron chi connectivity index (χ1n) is 12.4. The summed E-state index contributed by atoms with van der Waals surface area (Å²) >= 11 is 0. The molecule has 0 radical (unpaired) electrons. The van der Waals surface area contributed by atoms with Crippen LogP contribution < -0.4 is 9.64 Å². The summed E-state index contributed by atoms with van der Waals surface area (Å²) in [6.07, 6.45) is -4.36. The molecule has 1 heterocycles. The van der Waals surface area contributed by atoms with Gasteiger partial charge in [-0.15, -0.1) is 0 Å². The molecule has 1 unspecified atom stereocenters. The minimum Gasteiger partial charge on any atom is -0.486 e. The van der Waals surface area contributed by atoms with Crippen LogP contribution in [0.25, 0.3) is 0 Å². The first kappa shape index (κ1) is 26.5. The Bertz CT molecular complexity index is 1160. The number of hydrogen-bond acceptors (Lipinski definition) is 4. The fourth-order valence-corrected chi connectivity index (χ4v) is 4.44. The first-order valence-corrected chi connectivity index (χ1v) is 12.4. The van der Waals surface area contributed by atoms with E-state index in [0.29, 0.717) is 24.3 Å². The van der Waals surface area contributed by atoms with Crippen molar-refractivity contribution in [3.8, 4) is 5.75 Å². The van der Waals surface area contributed by atoms with Crippen molar-refractivity contribution in [1.82, 2.24) is 9.80 Å². The number of piperazine rings is 1. The van der Waals surface area contributed by atoms with Crippen LogP contribution in [0.3, 0.4) is 0 Å². The van der Waals surface area contributed by atoms with Crippen molar-refractivity contribution in [2.24, 2.45) is 0 Å². The summed E-state index contributed by atoms with van der Waals surface area (Å²) in [6.45, 7) is 4.02. The molecule has 196 valence electrons. The summed E-state index contributed by atoms with van der Waals surface area (Å²) in [6, 6.07) is 21.9. The smallest absolute Gasteiger partial charge is 0.416 e. The van der Waals surface area contributed by atoms with Gasteiger partial charge in [0.25, 0.3) is 5.91 Å². The molecular formula is C29H32F3N3O2. The second kappa shape index (κ2) is 11.7. The van der Waals surface area contributed by atoms with Crippen molar-refractivity contribution in [2.45, 2.75) is 18.7 Å². The summed E-state index contributed by atoms with van der Waals surface area (Å²) in [7, 11) is 3.86. The molecule has 37 heavy (non-hydrogen) atoms. The van der Waals surface area contributed by atoms with Gasteiger partial charge in [-0.1, -0.05) is 42.5 Å². The molecule has 1 saturated heterocycles. The predicted molar refractivity (Wildman–Crippen MR) is 139 cm³/mol. The Morgan fingerprint density at radius 3 is 2.19 bits per heavy atom. The molecule has 1 fully saturated rings. The summed E-state index contributed by atoms with van der Waals surface area (Å²) in [4.78, 5) is 19.7. The minimum atomic E-state index is -4.40. The van der Waals surface area contributed by atoms with E-state index in [1.807, 2.05) is 54.6 Å². The van der Waals surface area contributed by atoms with Crippen LogP contribution in [0.15, 0.2) is 78.9 Å². The maximum Gasteiger partial charge on any atom is 0.416 e. The number of nitrogens with zero attached hydrogens (tertiary/aromatic N) is 3. The molecule has 1 aliphatic heterocycles. The Kier molecular flexibility index (Phi) is 8.38. The number of halogens is 3. The first-order chi connectivity index (χ1) is 17.7. The highest BCUT2D eigenvalue weighted by Gasteiger charge is 2.30. The third-order valence-corrected chi connectivity index (χ3v) is 6.68. The van der Waals surface area contributed by atoms with Gasteiger partial charge >= 0.3 is 6.18 Å². The minimum absolute atomic E-state index is 0.0733. The van der Waals surface area contributed by atoms with Gasteiger partial charge in [-0.25, -0.2) is 0 Å². The number of anilines is 1. The van der Waals surface area contributed by atoms with Gasteiger partial charge in [0.1, 0.15) is 11.9 Å². The van der Waals surface area contributed by atoms with E-state index in [-0.39, 0.29) is 5.91 Å². The molecule has 4 rings (SSSR count). The maximum absolute atomic E-state index is 13.5. The Balaban J connectivity index is 1.46. The summed E-state index contributed by atoms with van der Waals surface area (Å²) in [5.74, 6) is 0.270. The molecule has 0 spiro atoms. The number of likely N-dealkylation sites (N-methyl/N-ethyl adjacent to an activating group) is 1. The Morgan fingerprint density at radius 1 is 0.919 bits per heavy atom. The van der Waals surface area contributed by atoms with Crippen LogP contribution in [-0.4, -0.2) is 62.5 Å². The Morgan fingerprint density at radius 2 is 1.54 bits per heavy atom. The highest BCUT2D eigenvalue weighted by atomic mass is 19.4. The molecular weight excluding hydrogens is 479 g/mol. The molecule has 1 amide bonds. The van der Waals surface area contributed by atoms with E-state index < -0.39 is 17.8 Å². The van der Waals surface area contributed by atoms with Gasteiger partial charge < -0.3 is 19.4 Å². The van der Waals surface area contributed by atoms with Crippen molar-refractivity contribution in [3.05, 3.63) is 95.6 Å². The second-order valence-electron chi connectivity index (χ2n) is 9.36. The van der Waals surface area contributed by atoms with Crippen LogP contribution in [0.4, 0.5) is 18.9 Å². The number of carbonyl (C=O) groups excluding carboxylic acids is 1. The lowest BCUT2D eigenvalue weighted by atomic mass is 10.1. The average Bonchev–Trinajstić information content (AvgIpc) is 2.91. The van der Waals surface area contributed by atoms with Crippen LogP contribution in [0, 0.1) is 0 Å². The normalized spacial score (nSPS) is 15.3. The van der Waals surface area contributed by atoms with Crippen LogP contribution in [-0.2, 0) is 6.18 Å². The Labute approximate surface area is 216 Å². The summed E-state index contributed by atoms with van der Waals surface area (Å²) in [5.41, 5.74) is 1.77. The van der Waals surface area contributed by atoms with E-state index in [1.54, 1.807) is 11.9 Å². The van der Waals surface area contributed by atoms with Crippen molar-refractivity contribution in [2.75, 3.05) is 51.7 Å². The van der Waals surface area contributed by atoms with Crippen molar-refractivity contribution in [3.63, 3.8) is 0 Å². The van der Waals surface area contributed by atoms with E-state index in [1.165, 1.54) is 12.1 Å². The fourth-order valence-electron chi connectivity index (χ4n) is 4.44. The molecule has 0 aliphatic carbocycles. The largest absolute Gasteiger partial charge is 0.486 e. The van der Waals surface area contributed by atoms with E-state index >= 15 is 0 Å². The molecule has 3 aromatic carbocycles. The number of rotatable bonds is 8. The molecule has 1 aliphatic rings. The van der Waals surface area contributed by atoms with Crippen LogP contribution in [0.5, 0.6) is 5.75 Å². The molecule has 3 aromatic rings. The number of alkyl halides is 3. The fraction of sp³-hybridized carbons (Fsp3) is 0.345. The van der Waals surface area contributed by atoms with Gasteiger partial charge in [0, 0.05) is 51.9 Å². The lowest BCUT2D eigenvalue weighted by Gasteiger charge is -2.35. The second-order valence-corrected chi connectivity index (χ2v) is 9.36. The molecule has 0 bridgehead atoms. The number of ether oxygens (including phenoxy) is 1. The quantitative estimate of drug-likeness (QED) is 0.387. The van der Waals surface area contributed by atoms with E-state index in [0.717, 1.165) is 49.6 Å². The van der Waals surface area contributed by atoms with E-state index in [2.05, 4.69) is 16.8 Å². The third kappa shape index (κ3) is 6.83. The molecule has 0 N–H and O–H groups in total. The van der Waals surface area contributed by atoms with E-state index in [4.69, 9.17) is 4.74 Å². The van der Waals surface area contributed by atoms with E-state index in [9.17, 15) is 18.0 Å². The zero-order valence-corrected chi connectivity index (χ0v) is 21.1. The van der Waals surface area contributed by atoms with Crippen LogP contribution >= 0.6 is 0 Å². The standard InChI is InChI=1S/C29H32F3N3O2/c1-33-18-20-35(21-19-33)26-11-7-6-10-25(26)28(36)34(2)17-16-27(22-8-4-3-5-9-22)37-24-14-12-23(13-15-24)29(30,31)32/h3-15,27H,16-21H2,1-2H3. The molecule has 0 aromatic heterocycles. The van der Waals surface area contributed by atoms with Gasteiger partial charge in [0.05, 0.1) is 11.1 Å². The van der Waals surface area contributed by atoms with Gasteiger partial charge in [-0.3, -0.25) is 4.79 Å². The molecule has 5 nitrogen and oxygen atoms in total. The van der Waals surface area contributed by atoms with Gasteiger partial charge in [-0.2, -0.15) is 13.2 Å². The van der Waals surface area contributed by atoms with Crippen molar-refractivity contribution < 1.29 is 22.7 Å². The number of para-hydroxylation sites is 1. The highest BCUT2D eigenvalue weighted by molar-refractivity contribution is 5.99. The zero-order chi connectivity index (χ0) is 26.4. The molecule has 8 heteroatoms. The number of carbonyl (C=O) groups is 1. The molecule has 0 saturated carbocycles. The van der Waals surface area contributed by atoms with Crippen LogP contribution in [0.2, 0.25) is 0 Å². The lowest BCUT2D eigenvalue weighted by molar-refractivity contribution is -0.137. The average molecular weight is 512 g/mol. The summed E-state index contributed by atoms with van der Waals surface area (Å²) in [5, 5.41) is 0. The number of amides is 1. The SMILES string of the molecule is CN1CCN(c2ccccc2C(=O)N(C)CCC(Oc2ccc(C(F)(F)F)cc2)c2ccccc2)CC1. The number of benzene rings is 3. The third-order valence-electron chi connectivity index (χ3n) is 6.68. The maximum atomic E-state index is 13.5. The zero-order valence-electron chi connectivity index (χ0n) is 21.1. The lowest BCUT2D eigenvalue weighted by Crippen LogP contribution is -2.45.